The van der Waals surface area contributed by atoms with Crippen LogP contribution in [0, 0.1) is 5.82 Å². The summed E-state index contributed by atoms with van der Waals surface area (Å²) in [6.07, 6.45) is 3.07. The van der Waals surface area contributed by atoms with E-state index in [4.69, 9.17) is 21.9 Å². The second kappa shape index (κ2) is 4.90. The van der Waals surface area contributed by atoms with Gasteiger partial charge in [0.05, 0.1) is 22.5 Å². The van der Waals surface area contributed by atoms with E-state index in [9.17, 15) is 4.39 Å². The molecule has 0 atom stereocenters. The number of hydrogen-bond acceptors (Lipinski definition) is 5. The third-order valence-corrected chi connectivity index (χ3v) is 2.98. The molecule has 3 rings (SSSR count). The van der Waals surface area contributed by atoms with Gasteiger partial charge < -0.3 is 10.3 Å². The lowest BCUT2D eigenvalue weighted by molar-refractivity contribution is 0.432. The van der Waals surface area contributed by atoms with Crippen LogP contribution in [0.4, 0.5) is 10.1 Å². The number of aromatic nitrogens is 3. The van der Waals surface area contributed by atoms with E-state index in [1.165, 1.54) is 24.4 Å². The Balaban J connectivity index is 2.02. The number of nitrogens with two attached hydrogens (primary N) is 1. The molecule has 2 N–H and O–H groups in total. The molecule has 0 unspecified atom stereocenters. The smallest absolute Gasteiger partial charge is 0.260 e. The molecule has 100 valence electrons. The molecule has 0 aliphatic heterocycles. The highest BCUT2D eigenvalue weighted by Crippen LogP contribution is 2.27. The molecule has 0 saturated carbocycles. The van der Waals surface area contributed by atoms with E-state index in [-0.39, 0.29) is 10.9 Å². The van der Waals surface area contributed by atoms with E-state index in [1.54, 1.807) is 12.3 Å². The number of benzene rings is 1. The third kappa shape index (κ3) is 2.21. The molecule has 0 aliphatic carbocycles. The lowest BCUT2D eigenvalue weighted by Gasteiger charge is -1.98. The van der Waals surface area contributed by atoms with Gasteiger partial charge in [0, 0.05) is 11.8 Å². The third-order valence-electron chi connectivity index (χ3n) is 2.69. The SMILES string of the molecule is Nc1cnccc1-c1nc(-c2ccc(F)c(Cl)c2)no1. The molecule has 0 aliphatic rings. The molecule has 0 bridgehead atoms. The molecule has 0 saturated heterocycles. The summed E-state index contributed by atoms with van der Waals surface area (Å²) in [6.45, 7) is 0. The van der Waals surface area contributed by atoms with Gasteiger partial charge in [0.25, 0.3) is 5.89 Å². The number of nitrogens with zero attached hydrogens (tertiary/aromatic N) is 3. The van der Waals surface area contributed by atoms with Crippen molar-refractivity contribution in [3.05, 3.63) is 47.5 Å². The van der Waals surface area contributed by atoms with Gasteiger partial charge in [-0.3, -0.25) is 4.98 Å². The predicted molar refractivity (Wildman–Crippen MR) is 72.3 cm³/mol. The fourth-order valence-electron chi connectivity index (χ4n) is 1.69. The van der Waals surface area contributed by atoms with Gasteiger partial charge in [-0.1, -0.05) is 16.8 Å². The lowest BCUT2D eigenvalue weighted by Crippen LogP contribution is -1.91. The molecule has 0 radical (unpaired) electrons. The van der Waals surface area contributed by atoms with Gasteiger partial charge in [-0.15, -0.1) is 0 Å². The van der Waals surface area contributed by atoms with Crippen LogP contribution < -0.4 is 5.73 Å². The van der Waals surface area contributed by atoms with Crippen molar-refractivity contribution in [2.24, 2.45) is 0 Å². The van der Waals surface area contributed by atoms with E-state index in [2.05, 4.69) is 15.1 Å². The number of rotatable bonds is 2. The number of hydrogen-bond donors (Lipinski definition) is 1. The fourth-order valence-corrected chi connectivity index (χ4v) is 1.87. The Morgan fingerprint density at radius 3 is 2.85 bits per heavy atom. The van der Waals surface area contributed by atoms with Crippen LogP contribution in [0.15, 0.2) is 41.2 Å². The van der Waals surface area contributed by atoms with Crippen molar-refractivity contribution < 1.29 is 8.91 Å². The summed E-state index contributed by atoms with van der Waals surface area (Å²) < 4.78 is 18.3. The largest absolute Gasteiger partial charge is 0.397 e. The number of halogens is 2. The summed E-state index contributed by atoms with van der Waals surface area (Å²) in [6, 6.07) is 5.87. The summed E-state index contributed by atoms with van der Waals surface area (Å²) in [5, 5.41) is 3.83. The molecule has 2 aromatic heterocycles. The van der Waals surface area contributed by atoms with Crippen LogP contribution in [-0.2, 0) is 0 Å². The van der Waals surface area contributed by atoms with Crippen LogP contribution >= 0.6 is 11.6 Å². The minimum atomic E-state index is -0.502. The van der Waals surface area contributed by atoms with Gasteiger partial charge in [-0.2, -0.15) is 4.98 Å². The normalized spacial score (nSPS) is 10.7. The molecule has 2 heterocycles. The van der Waals surface area contributed by atoms with Crippen molar-refractivity contribution in [3.8, 4) is 22.8 Å². The molecular weight excluding hydrogens is 283 g/mol. The first-order valence-electron chi connectivity index (χ1n) is 5.64. The summed E-state index contributed by atoms with van der Waals surface area (Å²) in [4.78, 5) is 8.10. The fraction of sp³-hybridized carbons (Fsp3) is 0. The van der Waals surface area contributed by atoms with E-state index >= 15 is 0 Å². The van der Waals surface area contributed by atoms with Crippen molar-refractivity contribution in [3.63, 3.8) is 0 Å². The van der Waals surface area contributed by atoms with Crippen molar-refractivity contribution in [1.29, 1.82) is 0 Å². The van der Waals surface area contributed by atoms with Crippen molar-refractivity contribution in [2.75, 3.05) is 5.73 Å². The molecule has 7 heteroatoms. The van der Waals surface area contributed by atoms with Crippen LogP contribution in [0.1, 0.15) is 0 Å². The van der Waals surface area contributed by atoms with Gasteiger partial charge in [0.2, 0.25) is 5.82 Å². The quantitative estimate of drug-likeness (QED) is 0.784. The second-order valence-corrected chi connectivity index (χ2v) is 4.42. The maximum atomic E-state index is 13.1. The van der Waals surface area contributed by atoms with Gasteiger partial charge in [0.1, 0.15) is 5.82 Å². The van der Waals surface area contributed by atoms with E-state index in [0.29, 0.717) is 22.6 Å². The highest BCUT2D eigenvalue weighted by atomic mass is 35.5. The molecular formula is C13H8ClFN4O. The van der Waals surface area contributed by atoms with E-state index < -0.39 is 5.82 Å². The second-order valence-electron chi connectivity index (χ2n) is 4.01. The molecule has 0 spiro atoms. The number of pyridine rings is 1. The Morgan fingerprint density at radius 1 is 1.25 bits per heavy atom. The van der Waals surface area contributed by atoms with Crippen molar-refractivity contribution >= 4 is 17.3 Å². The van der Waals surface area contributed by atoms with Crippen LogP contribution in [-0.4, -0.2) is 15.1 Å². The molecule has 0 amide bonds. The Labute approximate surface area is 118 Å². The molecule has 0 fully saturated rings. The Hall–Kier alpha value is -2.47. The maximum absolute atomic E-state index is 13.1. The van der Waals surface area contributed by atoms with Crippen LogP contribution in [0.25, 0.3) is 22.8 Å². The van der Waals surface area contributed by atoms with Gasteiger partial charge in [-0.25, -0.2) is 4.39 Å². The van der Waals surface area contributed by atoms with Crippen LogP contribution in [0.5, 0.6) is 0 Å². The van der Waals surface area contributed by atoms with Crippen molar-refractivity contribution in [1.82, 2.24) is 15.1 Å². The van der Waals surface area contributed by atoms with E-state index in [1.807, 2.05) is 0 Å². The standard InChI is InChI=1S/C13H8ClFN4O/c14-9-5-7(1-2-10(9)15)12-18-13(20-19-12)8-3-4-17-6-11(8)16/h1-6H,16H2. The van der Waals surface area contributed by atoms with Crippen molar-refractivity contribution in [2.45, 2.75) is 0 Å². The summed E-state index contributed by atoms with van der Waals surface area (Å²) in [5.74, 6) is 0.0657. The van der Waals surface area contributed by atoms with E-state index in [0.717, 1.165) is 0 Å². The maximum Gasteiger partial charge on any atom is 0.260 e. The number of anilines is 1. The lowest BCUT2D eigenvalue weighted by atomic mass is 10.2. The zero-order valence-electron chi connectivity index (χ0n) is 10.0. The highest BCUT2D eigenvalue weighted by molar-refractivity contribution is 6.31. The monoisotopic (exact) mass is 290 g/mol. The molecule has 5 nitrogen and oxygen atoms in total. The van der Waals surface area contributed by atoms with Gasteiger partial charge in [0.15, 0.2) is 0 Å². The predicted octanol–water partition coefficient (Wildman–Crippen LogP) is 3.17. The Bertz CT molecular complexity index is 775. The molecule has 1 aromatic carbocycles. The van der Waals surface area contributed by atoms with Crippen LogP contribution in [0.2, 0.25) is 5.02 Å². The van der Waals surface area contributed by atoms with Gasteiger partial charge in [-0.05, 0) is 24.3 Å². The minimum Gasteiger partial charge on any atom is -0.397 e. The number of nitrogen functional groups attached to an aromatic ring is 1. The Kier molecular flexibility index (Phi) is 3.08. The summed E-state index contributed by atoms with van der Waals surface area (Å²) in [7, 11) is 0. The highest BCUT2D eigenvalue weighted by Gasteiger charge is 2.13. The van der Waals surface area contributed by atoms with Crippen LogP contribution in [0.3, 0.4) is 0 Å². The zero-order chi connectivity index (χ0) is 14.1. The summed E-state index contributed by atoms with van der Waals surface area (Å²) >= 11 is 5.72. The summed E-state index contributed by atoms with van der Waals surface area (Å²) in [5.41, 5.74) is 7.36. The molecule has 3 aromatic rings. The molecule has 20 heavy (non-hydrogen) atoms. The minimum absolute atomic E-state index is 0.00252. The first kappa shape index (κ1) is 12.6. The first-order valence-corrected chi connectivity index (χ1v) is 6.02. The Morgan fingerprint density at radius 2 is 2.10 bits per heavy atom. The topological polar surface area (TPSA) is 77.8 Å². The average Bonchev–Trinajstić information content (AvgIpc) is 2.92. The first-order chi connectivity index (χ1) is 9.65. The van der Waals surface area contributed by atoms with Gasteiger partial charge >= 0.3 is 0 Å². The average molecular weight is 291 g/mol. The zero-order valence-corrected chi connectivity index (χ0v) is 10.8.